The maximum Gasteiger partial charge on any atom is 0.234 e. The van der Waals surface area contributed by atoms with Gasteiger partial charge in [-0.25, -0.2) is 4.98 Å². The van der Waals surface area contributed by atoms with E-state index in [4.69, 9.17) is 0 Å². The molecule has 2 fully saturated rings. The van der Waals surface area contributed by atoms with E-state index in [1.165, 1.54) is 24.0 Å². The predicted molar refractivity (Wildman–Crippen MR) is 104 cm³/mol. The molecule has 0 spiro atoms. The molecule has 27 heavy (non-hydrogen) atoms. The molecule has 0 radical (unpaired) electrons. The number of aromatic amines is 1. The van der Waals surface area contributed by atoms with Crippen LogP contribution in [0.5, 0.6) is 0 Å². The Morgan fingerprint density at radius 1 is 1.26 bits per heavy atom. The topological polar surface area (TPSA) is 73.9 Å². The van der Waals surface area contributed by atoms with Gasteiger partial charge in [-0.2, -0.15) is 5.10 Å². The summed E-state index contributed by atoms with van der Waals surface area (Å²) in [5, 5.41) is 10.5. The minimum absolute atomic E-state index is 0.124. The molecule has 6 nitrogen and oxygen atoms in total. The summed E-state index contributed by atoms with van der Waals surface area (Å²) in [4.78, 5) is 19.5. The van der Waals surface area contributed by atoms with Crippen molar-refractivity contribution < 1.29 is 4.79 Å². The molecular formula is C21H29N5O. The number of likely N-dealkylation sites (tertiary alicyclic amines) is 1. The lowest BCUT2D eigenvalue weighted by molar-refractivity contribution is -0.123. The molecule has 2 aliphatic rings. The average molecular weight is 367 g/mol. The quantitative estimate of drug-likeness (QED) is 0.823. The summed E-state index contributed by atoms with van der Waals surface area (Å²) < 4.78 is 0. The van der Waals surface area contributed by atoms with Crippen molar-refractivity contribution >= 4 is 5.91 Å². The van der Waals surface area contributed by atoms with E-state index in [0.717, 1.165) is 37.6 Å². The summed E-state index contributed by atoms with van der Waals surface area (Å²) in [5.41, 5.74) is 2.48. The van der Waals surface area contributed by atoms with Crippen LogP contribution in [0, 0.1) is 19.8 Å². The van der Waals surface area contributed by atoms with E-state index in [1.54, 1.807) is 0 Å². The summed E-state index contributed by atoms with van der Waals surface area (Å²) in [7, 11) is 0. The van der Waals surface area contributed by atoms with Crippen molar-refractivity contribution in [1.82, 2.24) is 25.4 Å². The molecule has 1 amide bonds. The molecule has 2 atom stereocenters. The van der Waals surface area contributed by atoms with Gasteiger partial charge in [0.2, 0.25) is 5.91 Å². The number of amides is 1. The minimum Gasteiger partial charge on any atom is -0.348 e. The van der Waals surface area contributed by atoms with Gasteiger partial charge in [-0.15, -0.1) is 0 Å². The van der Waals surface area contributed by atoms with Crippen LogP contribution in [0.1, 0.15) is 60.4 Å². The molecule has 1 aliphatic carbocycles. The number of nitrogens with zero attached hydrogens (tertiary/aromatic N) is 3. The number of aromatic nitrogens is 3. The first-order valence-corrected chi connectivity index (χ1v) is 10.1. The number of benzene rings is 1. The Bertz CT molecular complexity index is 780. The molecule has 1 saturated carbocycles. The van der Waals surface area contributed by atoms with Crippen LogP contribution in [0.25, 0.3) is 0 Å². The second kappa shape index (κ2) is 7.80. The van der Waals surface area contributed by atoms with Crippen LogP contribution in [0.15, 0.2) is 24.3 Å². The number of aryl methyl sites for hydroxylation is 2. The lowest BCUT2D eigenvalue weighted by Gasteiger charge is -2.31. The van der Waals surface area contributed by atoms with E-state index < -0.39 is 0 Å². The van der Waals surface area contributed by atoms with Gasteiger partial charge in [-0.1, -0.05) is 29.8 Å². The molecule has 2 N–H and O–H groups in total. The van der Waals surface area contributed by atoms with Crippen molar-refractivity contribution in [3.8, 4) is 0 Å². The molecular weight excluding hydrogens is 338 g/mol. The third-order valence-corrected chi connectivity index (χ3v) is 5.70. The average Bonchev–Trinajstić information content (AvgIpc) is 3.41. The van der Waals surface area contributed by atoms with Crippen molar-refractivity contribution in [2.45, 2.75) is 51.5 Å². The van der Waals surface area contributed by atoms with Crippen LogP contribution in [-0.4, -0.2) is 45.6 Å². The van der Waals surface area contributed by atoms with Crippen LogP contribution in [0.3, 0.4) is 0 Å². The van der Waals surface area contributed by atoms with Gasteiger partial charge < -0.3 is 5.32 Å². The highest BCUT2D eigenvalue weighted by Gasteiger charge is 2.34. The van der Waals surface area contributed by atoms with Crippen LogP contribution < -0.4 is 5.32 Å². The Morgan fingerprint density at radius 2 is 2.04 bits per heavy atom. The van der Waals surface area contributed by atoms with Gasteiger partial charge in [0.1, 0.15) is 5.82 Å². The standard InChI is InChI=1S/C21H29N5O/c1-14-5-7-16(8-6-14)20(17-9-10-17)23-19(27)13-26-11-3-4-18(12-26)21-22-15(2)24-25-21/h5-8,17-18,20H,3-4,9-13H2,1-2H3,(H,23,27)(H,22,24,25)/t18-,20-/m0/s1. The smallest absolute Gasteiger partial charge is 0.234 e. The van der Waals surface area contributed by atoms with Crippen molar-refractivity contribution in [1.29, 1.82) is 0 Å². The third kappa shape index (κ3) is 4.56. The van der Waals surface area contributed by atoms with Gasteiger partial charge in [0.05, 0.1) is 12.6 Å². The lowest BCUT2D eigenvalue weighted by atomic mass is 9.97. The fourth-order valence-corrected chi connectivity index (χ4v) is 4.05. The van der Waals surface area contributed by atoms with E-state index in [1.807, 2.05) is 6.92 Å². The van der Waals surface area contributed by atoms with Crippen LogP contribution >= 0.6 is 0 Å². The van der Waals surface area contributed by atoms with Crippen molar-refractivity contribution in [2.75, 3.05) is 19.6 Å². The molecule has 1 aromatic heterocycles. The van der Waals surface area contributed by atoms with Gasteiger partial charge in [-0.3, -0.25) is 14.8 Å². The number of hydrogen-bond acceptors (Lipinski definition) is 4. The molecule has 0 unspecified atom stereocenters. The summed E-state index contributed by atoms with van der Waals surface area (Å²) >= 11 is 0. The van der Waals surface area contributed by atoms with E-state index in [-0.39, 0.29) is 11.9 Å². The van der Waals surface area contributed by atoms with Crippen molar-refractivity contribution in [2.24, 2.45) is 5.92 Å². The van der Waals surface area contributed by atoms with E-state index in [2.05, 4.69) is 56.6 Å². The second-order valence-corrected chi connectivity index (χ2v) is 8.15. The zero-order valence-corrected chi connectivity index (χ0v) is 16.2. The number of hydrogen-bond donors (Lipinski definition) is 2. The molecule has 144 valence electrons. The molecule has 4 rings (SSSR count). The predicted octanol–water partition coefficient (Wildman–Crippen LogP) is 2.87. The molecule has 6 heteroatoms. The summed E-state index contributed by atoms with van der Waals surface area (Å²) in [6.45, 7) is 6.29. The number of piperidine rings is 1. The zero-order valence-electron chi connectivity index (χ0n) is 16.2. The normalized spacial score (nSPS) is 21.8. The first-order chi connectivity index (χ1) is 13.1. The monoisotopic (exact) mass is 367 g/mol. The van der Waals surface area contributed by atoms with Gasteiger partial charge in [0.25, 0.3) is 0 Å². The van der Waals surface area contributed by atoms with Gasteiger partial charge in [0, 0.05) is 12.5 Å². The van der Waals surface area contributed by atoms with Gasteiger partial charge >= 0.3 is 0 Å². The summed E-state index contributed by atoms with van der Waals surface area (Å²) in [6, 6.07) is 8.72. The Kier molecular flexibility index (Phi) is 5.25. The van der Waals surface area contributed by atoms with Crippen LogP contribution in [0.2, 0.25) is 0 Å². The number of carbonyl (C=O) groups is 1. The molecule has 0 bridgehead atoms. The van der Waals surface area contributed by atoms with Gasteiger partial charge in [0.15, 0.2) is 5.82 Å². The summed E-state index contributed by atoms with van der Waals surface area (Å²) in [5.74, 6) is 2.76. The number of carbonyl (C=O) groups excluding carboxylic acids is 1. The van der Waals surface area contributed by atoms with Gasteiger partial charge in [-0.05, 0) is 57.6 Å². The highest BCUT2D eigenvalue weighted by atomic mass is 16.2. The molecule has 1 saturated heterocycles. The fraction of sp³-hybridized carbons (Fsp3) is 0.571. The largest absolute Gasteiger partial charge is 0.348 e. The number of nitrogens with one attached hydrogen (secondary N) is 2. The molecule has 1 aromatic carbocycles. The van der Waals surface area contributed by atoms with Crippen LogP contribution in [0.4, 0.5) is 0 Å². The van der Waals surface area contributed by atoms with E-state index in [9.17, 15) is 4.79 Å². The van der Waals surface area contributed by atoms with Crippen molar-refractivity contribution in [3.05, 3.63) is 47.0 Å². The fourth-order valence-electron chi connectivity index (χ4n) is 4.05. The molecule has 2 aromatic rings. The Balaban J connectivity index is 1.35. The lowest BCUT2D eigenvalue weighted by Crippen LogP contribution is -2.43. The minimum atomic E-state index is 0.124. The molecule has 1 aliphatic heterocycles. The number of H-pyrrole nitrogens is 1. The highest BCUT2D eigenvalue weighted by Crippen LogP contribution is 2.41. The zero-order chi connectivity index (χ0) is 18.8. The first kappa shape index (κ1) is 18.2. The Morgan fingerprint density at radius 3 is 2.70 bits per heavy atom. The molecule has 2 heterocycles. The van der Waals surface area contributed by atoms with Crippen LogP contribution in [-0.2, 0) is 4.79 Å². The maximum atomic E-state index is 12.8. The van der Waals surface area contributed by atoms with E-state index >= 15 is 0 Å². The Hall–Kier alpha value is -2.21. The van der Waals surface area contributed by atoms with E-state index in [0.29, 0.717) is 18.4 Å². The summed E-state index contributed by atoms with van der Waals surface area (Å²) in [6.07, 6.45) is 4.57. The SMILES string of the molecule is Cc1ccc([C@H](NC(=O)CN2CCC[C@H](c3n[nH]c(C)n3)C2)C2CC2)cc1. The highest BCUT2D eigenvalue weighted by molar-refractivity contribution is 5.78. The second-order valence-electron chi connectivity index (χ2n) is 8.15. The number of rotatable bonds is 6. The maximum absolute atomic E-state index is 12.8. The Labute approximate surface area is 160 Å². The third-order valence-electron chi connectivity index (χ3n) is 5.70. The first-order valence-electron chi connectivity index (χ1n) is 10.1. The van der Waals surface area contributed by atoms with Crippen molar-refractivity contribution in [3.63, 3.8) is 0 Å².